The molecule has 1 N–H and O–H groups in total. The number of rotatable bonds is 5. The van der Waals surface area contributed by atoms with E-state index in [9.17, 15) is 19.5 Å². The fraction of sp³-hybridized carbons (Fsp3) is 0.148. The lowest BCUT2D eigenvalue weighted by molar-refractivity contribution is -0.132. The maximum atomic E-state index is 13.3. The predicted molar refractivity (Wildman–Crippen MR) is 127 cm³/mol. The number of carbonyl (C=O) groups is 3. The molecule has 0 bridgehead atoms. The van der Waals surface area contributed by atoms with Crippen LogP contribution in [0.5, 0.6) is 5.75 Å². The standard InChI is InChI=1S/C27H23NO6/c1-16-8-10-17(11-9-16)24(29)22-23(20-6-4-5-7-21(20)33-2)28(26(31)25(22)30)19-14-12-18(13-15-19)27(32)34-3/h4-15,23,29H,1-3H3/b24-22+. The lowest BCUT2D eigenvalue weighted by atomic mass is 9.94. The summed E-state index contributed by atoms with van der Waals surface area (Å²) in [6.07, 6.45) is 0. The van der Waals surface area contributed by atoms with Crippen molar-refractivity contribution in [3.8, 4) is 5.75 Å². The Morgan fingerprint density at radius 3 is 2.12 bits per heavy atom. The molecule has 1 unspecified atom stereocenters. The second-order valence-corrected chi connectivity index (χ2v) is 7.82. The molecule has 1 saturated heterocycles. The highest BCUT2D eigenvalue weighted by Crippen LogP contribution is 2.44. The number of nitrogens with zero attached hydrogens (tertiary/aromatic N) is 1. The summed E-state index contributed by atoms with van der Waals surface area (Å²) in [5.74, 6) is -1.95. The number of ketones is 1. The monoisotopic (exact) mass is 457 g/mol. The third-order valence-electron chi connectivity index (χ3n) is 5.77. The molecule has 1 aliphatic heterocycles. The highest BCUT2D eigenvalue weighted by atomic mass is 16.5. The van der Waals surface area contributed by atoms with Crippen molar-refractivity contribution in [3.63, 3.8) is 0 Å². The van der Waals surface area contributed by atoms with Gasteiger partial charge in [-0.1, -0.05) is 48.0 Å². The summed E-state index contributed by atoms with van der Waals surface area (Å²) in [4.78, 5) is 39.7. The van der Waals surface area contributed by atoms with E-state index in [4.69, 9.17) is 9.47 Å². The molecule has 34 heavy (non-hydrogen) atoms. The topological polar surface area (TPSA) is 93.1 Å². The third-order valence-corrected chi connectivity index (χ3v) is 5.77. The SMILES string of the molecule is COC(=O)c1ccc(N2C(=O)C(=O)/C(=C(/O)c3ccc(C)cc3)C2c2ccccc2OC)cc1. The fourth-order valence-corrected chi connectivity index (χ4v) is 4.03. The highest BCUT2D eigenvalue weighted by Gasteiger charge is 2.47. The van der Waals surface area contributed by atoms with Crippen LogP contribution < -0.4 is 9.64 Å². The number of methoxy groups -OCH3 is 2. The van der Waals surface area contributed by atoms with Gasteiger partial charge in [-0.05, 0) is 37.3 Å². The molecule has 0 aromatic heterocycles. The predicted octanol–water partition coefficient (Wildman–Crippen LogP) is 4.42. The molecule has 0 saturated carbocycles. The number of para-hydroxylation sites is 1. The van der Waals surface area contributed by atoms with E-state index < -0.39 is 23.7 Å². The van der Waals surface area contributed by atoms with Crippen LogP contribution in [0.2, 0.25) is 0 Å². The summed E-state index contributed by atoms with van der Waals surface area (Å²) < 4.78 is 10.2. The van der Waals surface area contributed by atoms with Crippen LogP contribution in [-0.2, 0) is 14.3 Å². The molecular weight excluding hydrogens is 434 g/mol. The van der Waals surface area contributed by atoms with Crippen molar-refractivity contribution >= 4 is 29.1 Å². The van der Waals surface area contributed by atoms with Crippen LogP contribution in [0, 0.1) is 6.92 Å². The Hall–Kier alpha value is -4.39. The number of aryl methyl sites for hydroxylation is 1. The van der Waals surface area contributed by atoms with Crippen molar-refractivity contribution < 1.29 is 29.0 Å². The van der Waals surface area contributed by atoms with Crippen LogP contribution in [0.15, 0.2) is 78.4 Å². The van der Waals surface area contributed by atoms with E-state index in [0.717, 1.165) is 5.56 Å². The van der Waals surface area contributed by atoms with Gasteiger partial charge in [0.25, 0.3) is 11.7 Å². The number of amides is 1. The molecule has 7 nitrogen and oxygen atoms in total. The van der Waals surface area contributed by atoms with Crippen molar-refractivity contribution in [1.29, 1.82) is 0 Å². The average molecular weight is 457 g/mol. The van der Waals surface area contributed by atoms with Gasteiger partial charge in [0.05, 0.1) is 31.4 Å². The van der Waals surface area contributed by atoms with Gasteiger partial charge in [0.2, 0.25) is 0 Å². The fourth-order valence-electron chi connectivity index (χ4n) is 4.03. The number of aliphatic hydroxyl groups is 1. The largest absolute Gasteiger partial charge is 0.507 e. The molecule has 4 rings (SSSR count). The highest BCUT2D eigenvalue weighted by molar-refractivity contribution is 6.51. The molecule has 1 amide bonds. The van der Waals surface area contributed by atoms with Gasteiger partial charge in [-0.15, -0.1) is 0 Å². The summed E-state index contributed by atoms with van der Waals surface area (Å²) in [5.41, 5.74) is 2.59. The van der Waals surface area contributed by atoms with Gasteiger partial charge >= 0.3 is 5.97 Å². The van der Waals surface area contributed by atoms with Gasteiger partial charge in [0.1, 0.15) is 11.5 Å². The van der Waals surface area contributed by atoms with Crippen LogP contribution in [-0.4, -0.2) is 37.0 Å². The molecule has 3 aromatic carbocycles. The Kier molecular flexibility index (Phi) is 6.19. The number of Topliss-reactive ketones (excluding diaryl/α,β-unsaturated/α-hetero) is 1. The van der Waals surface area contributed by atoms with Crippen molar-refractivity contribution in [2.75, 3.05) is 19.1 Å². The van der Waals surface area contributed by atoms with Crippen molar-refractivity contribution in [2.45, 2.75) is 13.0 Å². The lowest BCUT2D eigenvalue weighted by Gasteiger charge is -2.26. The first kappa shape index (κ1) is 22.8. The number of benzene rings is 3. The number of ether oxygens (including phenoxy) is 2. The zero-order valence-electron chi connectivity index (χ0n) is 18.9. The Balaban J connectivity index is 1.93. The molecule has 172 valence electrons. The van der Waals surface area contributed by atoms with E-state index >= 15 is 0 Å². The van der Waals surface area contributed by atoms with E-state index in [1.54, 1.807) is 48.5 Å². The van der Waals surface area contributed by atoms with Crippen LogP contribution >= 0.6 is 0 Å². The summed E-state index contributed by atoms with van der Waals surface area (Å²) in [5, 5.41) is 11.2. The van der Waals surface area contributed by atoms with Crippen molar-refractivity contribution in [1.82, 2.24) is 0 Å². The first-order valence-electron chi connectivity index (χ1n) is 10.6. The molecule has 0 aliphatic carbocycles. The molecule has 0 spiro atoms. The molecule has 7 heteroatoms. The second kappa shape index (κ2) is 9.23. The second-order valence-electron chi connectivity index (χ2n) is 7.82. The molecule has 0 radical (unpaired) electrons. The van der Waals surface area contributed by atoms with E-state index in [2.05, 4.69) is 0 Å². The quantitative estimate of drug-likeness (QED) is 0.264. The maximum Gasteiger partial charge on any atom is 0.337 e. The molecule has 3 aromatic rings. The Morgan fingerprint density at radius 2 is 1.50 bits per heavy atom. The zero-order chi connectivity index (χ0) is 24.4. The molecular formula is C27H23NO6. The third kappa shape index (κ3) is 3.92. The van der Waals surface area contributed by atoms with Crippen molar-refractivity contribution in [2.24, 2.45) is 0 Å². The summed E-state index contributed by atoms with van der Waals surface area (Å²) in [7, 11) is 2.78. The average Bonchev–Trinajstić information content (AvgIpc) is 3.13. The zero-order valence-corrected chi connectivity index (χ0v) is 18.9. The number of aliphatic hydroxyl groups excluding tert-OH is 1. The number of carbonyl (C=O) groups excluding carboxylic acids is 3. The van der Waals surface area contributed by atoms with Gasteiger partial charge in [-0.3, -0.25) is 14.5 Å². The van der Waals surface area contributed by atoms with E-state index in [1.807, 2.05) is 19.1 Å². The van der Waals surface area contributed by atoms with Gasteiger partial charge in [0, 0.05) is 16.8 Å². The van der Waals surface area contributed by atoms with E-state index in [0.29, 0.717) is 28.1 Å². The molecule has 1 aliphatic rings. The molecule has 1 fully saturated rings. The van der Waals surface area contributed by atoms with E-state index in [1.165, 1.54) is 31.3 Å². The lowest BCUT2D eigenvalue weighted by Crippen LogP contribution is -2.29. The molecule has 1 heterocycles. The van der Waals surface area contributed by atoms with Gasteiger partial charge in [0.15, 0.2) is 0 Å². The van der Waals surface area contributed by atoms with Gasteiger partial charge in [-0.2, -0.15) is 0 Å². The van der Waals surface area contributed by atoms with E-state index in [-0.39, 0.29) is 11.3 Å². The van der Waals surface area contributed by atoms with Crippen LogP contribution in [0.25, 0.3) is 5.76 Å². The van der Waals surface area contributed by atoms with Crippen LogP contribution in [0.4, 0.5) is 5.69 Å². The minimum Gasteiger partial charge on any atom is -0.507 e. The molecule has 1 atom stereocenters. The number of anilines is 1. The van der Waals surface area contributed by atoms with Crippen LogP contribution in [0.1, 0.15) is 33.1 Å². The number of hydrogen-bond donors (Lipinski definition) is 1. The first-order chi connectivity index (χ1) is 16.4. The van der Waals surface area contributed by atoms with Crippen molar-refractivity contribution in [3.05, 3.63) is 101 Å². The summed E-state index contributed by atoms with van der Waals surface area (Å²) >= 11 is 0. The summed E-state index contributed by atoms with van der Waals surface area (Å²) in [6.45, 7) is 1.91. The smallest absolute Gasteiger partial charge is 0.337 e. The minimum absolute atomic E-state index is 0.0459. The summed E-state index contributed by atoms with van der Waals surface area (Å²) in [6, 6.07) is 19.2. The normalized spacial score (nSPS) is 17.0. The Morgan fingerprint density at radius 1 is 0.882 bits per heavy atom. The van der Waals surface area contributed by atoms with Gasteiger partial charge < -0.3 is 14.6 Å². The number of hydrogen-bond acceptors (Lipinski definition) is 6. The Labute approximate surface area is 196 Å². The van der Waals surface area contributed by atoms with Crippen LogP contribution in [0.3, 0.4) is 0 Å². The Bertz CT molecular complexity index is 1290. The number of esters is 1. The maximum absolute atomic E-state index is 13.3. The van der Waals surface area contributed by atoms with Gasteiger partial charge in [-0.25, -0.2) is 4.79 Å². The first-order valence-corrected chi connectivity index (χ1v) is 10.6. The minimum atomic E-state index is -0.943.